The van der Waals surface area contributed by atoms with E-state index < -0.39 is 0 Å². The lowest BCUT2D eigenvalue weighted by molar-refractivity contribution is -0.117. The average Bonchev–Trinajstić information content (AvgIpc) is 2.16. The van der Waals surface area contributed by atoms with Crippen molar-refractivity contribution in [3.05, 3.63) is 22.9 Å². The number of carbonyl (C=O) groups is 1. The van der Waals surface area contributed by atoms with E-state index in [-0.39, 0.29) is 5.91 Å². The van der Waals surface area contributed by atoms with Gasteiger partial charge in [0, 0.05) is 6.42 Å². The van der Waals surface area contributed by atoms with Gasteiger partial charge in [0.2, 0.25) is 5.91 Å². The number of anilines is 1. The summed E-state index contributed by atoms with van der Waals surface area (Å²) in [5, 5.41) is 5.96. The van der Waals surface area contributed by atoms with E-state index in [1.807, 2.05) is 6.07 Å². The standard InChI is InChI=1S/C10H12BrN3O/c11-9-2-1-8(6-13-9)14-10(15)3-7-4-12-5-7/h1-2,6-7,12H,3-5H2,(H,14,15). The number of amides is 1. The van der Waals surface area contributed by atoms with Crippen LogP contribution in [0.5, 0.6) is 0 Å². The molecule has 0 saturated carbocycles. The summed E-state index contributed by atoms with van der Waals surface area (Å²) in [6.45, 7) is 1.90. The molecule has 1 aliphatic heterocycles. The highest BCUT2D eigenvalue weighted by atomic mass is 79.9. The molecule has 1 aromatic heterocycles. The van der Waals surface area contributed by atoms with Crippen molar-refractivity contribution >= 4 is 27.5 Å². The normalized spacial score (nSPS) is 15.8. The highest BCUT2D eigenvalue weighted by Crippen LogP contribution is 2.13. The van der Waals surface area contributed by atoms with Crippen LogP contribution in [-0.4, -0.2) is 24.0 Å². The molecule has 0 spiro atoms. The lowest BCUT2D eigenvalue weighted by Gasteiger charge is -2.26. The summed E-state index contributed by atoms with van der Waals surface area (Å²) < 4.78 is 0.767. The Balaban J connectivity index is 1.84. The molecule has 0 aromatic carbocycles. The molecule has 1 aliphatic rings. The molecule has 0 aliphatic carbocycles. The Bertz CT molecular complexity index is 348. The Morgan fingerprint density at radius 1 is 1.60 bits per heavy atom. The fourth-order valence-corrected chi connectivity index (χ4v) is 1.65. The number of halogens is 1. The second kappa shape index (κ2) is 4.72. The molecule has 5 heteroatoms. The molecular weight excluding hydrogens is 258 g/mol. The Kier molecular flexibility index (Phi) is 3.33. The Morgan fingerprint density at radius 3 is 2.93 bits per heavy atom. The van der Waals surface area contributed by atoms with E-state index in [0.29, 0.717) is 12.3 Å². The van der Waals surface area contributed by atoms with Crippen molar-refractivity contribution in [3.63, 3.8) is 0 Å². The van der Waals surface area contributed by atoms with Crippen molar-refractivity contribution in [1.82, 2.24) is 10.3 Å². The summed E-state index contributed by atoms with van der Waals surface area (Å²) in [6.07, 6.45) is 2.23. The van der Waals surface area contributed by atoms with Crippen LogP contribution >= 0.6 is 15.9 Å². The molecule has 0 radical (unpaired) electrons. The first-order valence-corrected chi connectivity index (χ1v) is 5.65. The van der Waals surface area contributed by atoms with Gasteiger partial charge in [0.1, 0.15) is 4.60 Å². The first-order valence-electron chi connectivity index (χ1n) is 4.86. The number of nitrogens with one attached hydrogen (secondary N) is 2. The van der Waals surface area contributed by atoms with Gasteiger partial charge in [-0.2, -0.15) is 0 Å². The molecule has 1 fully saturated rings. The second-order valence-corrected chi connectivity index (χ2v) is 4.46. The predicted octanol–water partition coefficient (Wildman–Crippen LogP) is 1.39. The number of carbonyl (C=O) groups excluding carboxylic acids is 1. The highest BCUT2D eigenvalue weighted by molar-refractivity contribution is 9.10. The number of rotatable bonds is 3. The van der Waals surface area contributed by atoms with E-state index in [4.69, 9.17) is 0 Å². The number of hydrogen-bond donors (Lipinski definition) is 2. The molecule has 0 unspecified atom stereocenters. The van der Waals surface area contributed by atoms with Crippen molar-refractivity contribution in [2.45, 2.75) is 6.42 Å². The van der Waals surface area contributed by atoms with Crippen LogP contribution in [0, 0.1) is 5.92 Å². The number of hydrogen-bond acceptors (Lipinski definition) is 3. The maximum absolute atomic E-state index is 11.5. The van der Waals surface area contributed by atoms with Gasteiger partial charge in [-0.15, -0.1) is 0 Å². The van der Waals surface area contributed by atoms with Crippen LogP contribution in [-0.2, 0) is 4.79 Å². The van der Waals surface area contributed by atoms with E-state index >= 15 is 0 Å². The lowest BCUT2D eigenvalue weighted by Crippen LogP contribution is -2.43. The monoisotopic (exact) mass is 269 g/mol. The van der Waals surface area contributed by atoms with Crippen LogP contribution < -0.4 is 10.6 Å². The van der Waals surface area contributed by atoms with Gasteiger partial charge < -0.3 is 10.6 Å². The molecule has 4 nitrogen and oxygen atoms in total. The maximum Gasteiger partial charge on any atom is 0.224 e. The van der Waals surface area contributed by atoms with Gasteiger partial charge in [-0.3, -0.25) is 4.79 Å². The van der Waals surface area contributed by atoms with Crippen LogP contribution in [0.2, 0.25) is 0 Å². The molecule has 2 N–H and O–H groups in total. The molecule has 80 valence electrons. The summed E-state index contributed by atoms with van der Waals surface area (Å²) in [5.41, 5.74) is 0.746. The molecule has 1 amide bonds. The van der Waals surface area contributed by atoms with Gasteiger partial charge in [0.25, 0.3) is 0 Å². The van der Waals surface area contributed by atoms with Gasteiger partial charge in [-0.05, 0) is 47.1 Å². The van der Waals surface area contributed by atoms with Gasteiger partial charge in [-0.25, -0.2) is 4.98 Å². The van der Waals surface area contributed by atoms with E-state index in [0.717, 1.165) is 23.4 Å². The molecule has 15 heavy (non-hydrogen) atoms. The van der Waals surface area contributed by atoms with Gasteiger partial charge in [0.15, 0.2) is 0 Å². The first-order chi connectivity index (χ1) is 7.24. The predicted molar refractivity (Wildman–Crippen MR) is 61.5 cm³/mol. The zero-order chi connectivity index (χ0) is 10.7. The summed E-state index contributed by atoms with van der Waals surface area (Å²) in [6, 6.07) is 3.63. The van der Waals surface area contributed by atoms with E-state index in [1.54, 1.807) is 12.3 Å². The SMILES string of the molecule is O=C(CC1CNC1)Nc1ccc(Br)nc1. The number of aromatic nitrogens is 1. The molecule has 0 atom stereocenters. The molecule has 1 aromatic rings. The lowest BCUT2D eigenvalue weighted by atomic mass is 9.99. The van der Waals surface area contributed by atoms with Crippen molar-refractivity contribution in [2.24, 2.45) is 5.92 Å². The minimum absolute atomic E-state index is 0.0608. The summed E-state index contributed by atoms with van der Waals surface area (Å²) in [4.78, 5) is 15.6. The zero-order valence-corrected chi connectivity index (χ0v) is 9.75. The highest BCUT2D eigenvalue weighted by Gasteiger charge is 2.19. The third-order valence-electron chi connectivity index (χ3n) is 2.35. The topological polar surface area (TPSA) is 54.0 Å². The fraction of sp³-hybridized carbons (Fsp3) is 0.400. The van der Waals surface area contributed by atoms with Crippen molar-refractivity contribution in [3.8, 4) is 0 Å². The summed E-state index contributed by atoms with van der Waals surface area (Å²) in [5.74, 6) is 0.555. The average molecular weight is 270 g/mol. The Morgan fingerprint density at radius 2 is 2.40 bits per heavy atom. The third kappa shape index (κ3) is 3.00. The Labute approximate surface area is 96.6 Å². The quantitative estimate of drug-likeness (QED) is 0.816. The molecule has 1 saturated heterocycles. The van der Waals surface area contributed by atoms with Crippen molar-refractivity contribution < 1.29 is 4.79 Å². The summed E-state index contributed by atoms with van der Waals surface area (Å²) in [7, 11) is 0. The summed E-state index contributed by atoms with van der Waals surface area (Å²) >= 11 is 3.24. The minimum atomic E-state index is 0.0608. The van der Waals surface area contributed by atoms with Gasteiger partial charge >= 0.3 is 0 Å². The molecule has 2 rings (SSSR count). The second-order valence-electron chi connectivity index (χ2n) is 3.65. The van der Waals surface area contributed by atoms with Crippen LogP contribution in [0.1, 0.15) is 6.42 Å². The smallest absolute Gasteiger partial charge is 0.224 e. The number of pyridine rings is 1. The molecule has 0 bridgehead atoms. The minimum Gasteiger partial charge on any atom is -0.325 e. The van der Waals surface area contributed by atoms with Crippen LogP contribution in [0.4, 0.5) is 5.69 Å². The van der Waals surface area contributed by atoms with Crippen LogP contribution in [0.25, 0.3) is 0 Å². The molecule has 2 heterocycles. The fourth-order valence-electron chi connectivity index (χ4n) is 1.42. The largest absolute Gasteiger partial charge is 0.325 e. The molecular formula is C10H12BrN3O. The van der Waals surface area contributed by atoms with E-state index in [1.165, 1.54) is 0 Å². The van der Waals surface area contributed by atoms with Crippen molar-refractivity contribution in [1.29, 1.82) is 0 Å². The van der Waals surface area contributed by atoms with Gasteiger partial charge in [-0.1, -0.05) is 0 Å². The maximum atomic E-state index is 11.5. The first kappa shape index (κ1) is 10.6. The Hall–Kier alpha value is -0.940. The van der Waals surface area contributed by atoms with E-state index in [2.05, 4.69) is 31.5 Å². The van der Waals surface area contributed by atoms with Gasteiger partial charge in [0.05, 0.1) is 11.9 Å². The van der Waals surface area contributed by atoms with Crippen molar-refractivity contribution in [2.75, 3.05) is 18.4 Å². The van der Waals surface area contributed by atoms with Crippen LogP contribution in [0.3, 0.4) is 0 Å². The number of nitrogens with zero attached hydrogens (tertiary/aromatic N) is 1. The van der Waals surface area contributed by atoms with E-state index in [9.17, 15) is 4.79 Å². The zero-order valence-electron chi connectivity index (χ0n) is 8.16. The third-order valence-corrected chi connectivity index (χ3v) is 2.82. The van der Waals surface area contributed by atoms with Crippen LogP contribution in [0.15, 0.2) is 22.9 Å².